The molecular weight excluding hydrogens is 356 g/mol. The first-order valence-corrected chi connectivity index (χ1v) is 7.83. The van der Waals surface area contributed by atoms with Crippen molar-refractivity contribution in [1.82, 2.24) is 0 Å². The minimum absolute atomic E-state index is 0. The summed E-state index contributed by atoms with van der Waals surface area (Å²) in [5, 5.41) is 9.60. The second-order valence-electron chi connectivity index (χ2n) is 4.90. The largest absolute Gasteiger partial charge is 2.00 e. The number of hydrogen-bond donors (Lipinski definition) is 1. The molecule has 0 aromatic heterocycles. The predicted octanol–water partition coefficient (Wildman–Crippen LogP) is 6.22. The zero-order valence-electron chi connectivity index (χ0n) is 14.7. The molecule has 3 rings (SSSR count). The molecule has 0 unspecified atom stereocenters. The number of aliphatic hydroxyl groups is 1. The molecule has 0 bridgehead atoms. The summed E-state index contributed by atoms with van der Waals surface area (Å²) in [6.45, 7) is 3.88. The molecule has 3 aromatic rings. The van der Waals surface area contributed by atoms with Gasteiger partial charge < -0.3 is 20.0 Å². The summed E-state index contributed by atoms with van der Waals surface area (Å²) < 4.78 is 0. The Bertz CT molecular complexity index is 607. The van der Waals surface area contributed by atoms with Gasteiger partial charge in [0.05, 0.1) is 0 Å². The smallest absolute Gasteiger partial charge is 0.401 e. The first-order valence-electron chi connectivity index (χ1n) is 7.01. The minimum Gasteiger partial charge on any atom is -0.401 e. The van der Waals surface area contributed by atoms with Crippen LogP contribution in [0.5, 0.6) is 0 Å². The van der Waals surface area contributed by atoms with E-state index >= 15 is 0 Å². The Morgan fingerprint density at radius 1 is 1.00 bits per heavy atom. The van der Waals surface area contributed by atoms with Crippen molar-refractivity contribution in [3.8, 4) is 0 Å². The summed E-state index contributed by atoms with van der Waals surface area (Å²) in [6, 6.07) is 24.4. The number of rotatable bonds is 3. The van der Waals surface area contributed by atoms with E-state index in [4.69, 9.17) is 0 Å². The van der Waals surface area contributed by atoms with Gasteiger partial charge in [-0.15, -0.1) is 22.2 Å². The first-order chi connectivity index (χ1) is 10.2. The molecule has 0 aliphatic heterocycles. The Kier molecular flexibility index (Phi) is 13.6. The Balaban J connectivity index is 0. The van der Waals surface area contributed by atoms with Crippen LogP contribution in [-0.4, -0.2) is 5.11 Å². The number of hydrogen-bond acceptors (Lipinski definition) is 2. The summed E-state index contributed by atoms with van der Waals surface area (Å²) >= 11 is 1.70. The van der Waals surface area contributed by atoms with Gasteiger partial charge in [-0.2, -0.15) is 30.3 Å². The number of aryl methyl sites for hydroxylation is 1. The molecule has 0 saturated carbocycles. The van der Waals surface area contributed by atoms with Crippen LogP contribution in [0.25, 0.3) is 0 Å². The van der Waals surface area contributed by atoms with Crippen LogP contribution in [0.1, 0.15) is 24.2 Å². The average molecular weight is 382 g/mol. The van der Waals surface area contributed by atoms with Crippen molar-refractivity contribution in [2.75, 3.05) is 0 Å². The van der Waals surface area contributed by atoms with Crippen LogP contribution in [-0.2, 0) is 17.1 Å². The van der Waals surface area contributed by atoms with Gasteiger partial charge in [-0.3, -0.25) is 0 Å². The van der Waals surface area contributed by atoms with Crippen molar-refractivity contribution in [1.29, 1.82) is 0 Å². The molecule has 0 radical (unpaired) electrons. The fourth-order valence-electron chi connectivity index (χ4n) is 1.91. The van der Waals surface area contributed by atoms with Gasteiger partial charge in [-0.05, 0) is 26.0 Å². The predicted molar refractivity (Wildman–Crippen MR) is 103 cm³/mol. The van der Waals surface area contributed by atoms with Crippen molar-refractivity contribution >= 4 is 11.8 Å². The SMILES string of the molecule is Cc1ccc(Sc2ccc[c-]2[C@H](C)O)cc1.[CH3-].[CH3-].[Fe+2].c1cc[cH-]c1. The molecule has 132 valence electrons. The summed E-state index contributed by atoms with van der Waals surface area (Å²) in [5.74, 6) is 0. The van der Waals surface area contributed by atoms with Crippen LogP contribution >= 0.6 is 11.8 Å². The molecule has 3 aromatic carbocycles. The van der Waals surface area contributed by atoms with E-state index in [0.29, 0.717) is 0 Å². The maximum absolute atomic E-state index is 9.60. The van der Waals surface area contributed by atoms with E-state index in [2.05, 4.69) is 31.2 Å². The van der Waals surface area contributed by atoms with Gasteiger partial charge in [0.25, 0.3) is 0 Å². The summed E-state index contributed by atoms with van der Waals surface area (Å²) in [6.07, 6.45) is -0.400. The van der Waals surface area contributed by atoms with Gasteiger partial charge in [0, 0.05) is 11.0 Å². The standard InChI is InChI=1S/C14H15OS.C5H5.2CH3.Fe/c1-10-6-8-12(9-7-10)16-14-5-3-4-13(14)11(2)15;1-2-4-5-3-1;;;/h3-9,11,15H,1-2H3;1-5H;2*1H3;/q4*-1;+2/t11-;;;;/m0..../s1. The molecular formula is C21H26FeOS-2. The first kappa shape index (κ1) is 25.0. The zero-order chi connectivity index (χ0) is 15.1. The third kappa shape index (κ3) is 8.03. The van der Waals surface area contributed by atoms with E-state index < -0.39 is 6.10 Å². The molecule has 0 saturated heterocycles. The van der Waals surface area contributed by atoms with Crippen LogP contribution in [0.2, 0.25) is 0 Å². The van der Waals surface area contributed by atoms with E-state index in [1.807, 2.05) is 48.5 Å². The zero-order valence-corrected chi connectivity index (χ0v) is 16.6. The Labute approximate surface area is 162 Å². The second-order valence-corrected chi connectivity index (χ2v) is 6.01. The Morgan fingerprint density at radius 2 is 1.58 bits per heavy atom. The Morgan fingerprint density at radius 3 is 2.04 bits per heavy atom. The fourth-order valence-corrected chi connectivity index (χ4v) is 2.94. The molecule has 0 amide bonds. The fraction of sp³-hybridized carbons (Fsp3) is 0.143. The van der Waals surface area contributed by atoms with Gasteiger partial charge in [0.15, 0.2) is 0 Å². The quantitative estimate of drug-likeness (QED) is 0.429. The normalized spacial score (nSPS) is 10.1. The molecule has 24 heavy (non-hydrogen) atoms. The van der Waals surface area contributed by atoms with Crippen molar-refractivity contribution in [2.45, 2.75) is 29.7 Å². The third-order valence-corrected chi connectivity index (χ3v) is 4.16. The summed E-state index contributed by atoms with van der Waals surface area (Å²) in [7, 11) is 0. The molecule has 1 nitrogen and oxygen atoms in total. The summed E-state index contributed by atoms with van der Waals surface area (Å²) in [5.41, 5.74) is 2.27. The van der Waals surface area contributed by atoms with Crippen molar-refractivity contribution in [3.05, 3.63) is 98.8 Å². The van der Waals surface area contributed by atoms with Crippen LogP contribution in [0.15, 0.2) is 82.6 Å². The molecule has 0 heterocycles. The molecule has 1 N–H and O–H groups in total. The topological polar surface area (TPSA) is 20.2 Å². The number of benzene rings is 1. The molecule has 1 atom stereocenters. The van der Waals surface area contributed by atoms with Crippen molar-refractivity contribution in [2.24, 2.45) is 0 Å². The second kappa shape index (κ2) is 13.1. The molecule has 3 heteroatoms. The average Bonchev–Trinajstić information content (AvgIpc) is 3.15. The Hall–Kier alpha value is -1.25. The van der Waals surface area contributed by atoms with E-state index in [1.54, 1.807) is 18.7 Å². The van der Waals surface area contributed by atoms with Crippen LogP contribution in [0.4, 0.5) is 0 Å². The molecule has 0 spiro atoms. The van der Waals surface area contributed by atoms with E-state index in [9.17, 15) is 5.11 Å². The van der Waals surface area contributed by atoms with Gasteiger partial charge in [0.2, 0.25) is 0 Å². The van der Waals surface area contributed by atoms with Crippen molar-refractivity contribution in [3.63, 3.8) is 0 Å². The van der Waals surface area contributed by atoms with Gasteiger partial charge in [-0.1, -0.05) is 17.7 Å². The van der Waals surface area contributed by atoms with Gasteiger partial charge in [-0.25, -0.2) is 18.2 Å². The monoisotopic (exact) mass is 382 g/mol. The van der Waals surface area contributed by atoms with Crippen LogP contribution < -0.4 is 0 Å². The molecule has 0 aliphatic rings. The van der Waals surface area contributed by atoms with Crippen molar-refractivity contribution < 1.29 is 22.2 Å². The minimum atomic E-state index is -0.400. The third-order valence-electron chi connectivity index (χ3n) is 3.06. The number of aliphatic hydroxyl groups excluding tert-OH is 1. The van der Waals surface area contributed by atoms with Gasteiger partial charge >= 0.3 is 17.1 Å². The van der Waals surface area contributed by atoms with Crippen LogP contribution in [0, 0.1) is 21.8 Å². The maximum atomic E-state index is 9.60. The van der Waals surface area contributed by atoms with Gasteiger partial charge in [0.1, 0.15) is 0 Å². The van der Waals surface area contributed by atoms with Crippen LogP contribution in [0.3, 0.4) is 0 Å². The molecule has 0 aliphatic carbocycles. The van der Waals surface area contributed by atoms with E-state index in [-0.39, 0.29) is 31.9 Å². The van der Waals surface area contributed by atoms with E-state index in [0.717, 1.165) is 10.5 Å². The van der Waals surface area contributed by atoms with E-state index in [1.165, 1.54) is 10.5 Å². The molecule has 0 fully saturated rings. The maximum Gasteiger partial charge on any atom is 2.00 e. The summed E-state index contributed by atoms with van der Waals surface area (Å²) in [4.78, 5) is 2.34.